The van der Waals surface area contributed by atoms with Crippen LogP contribution >= 0.6 is 11.8 Å². The zero-order chi connectivity index (χ0) is 16.6. The summed E-state index contributed by atoms with van der Waals surface area (Å²) in [5, 5.41) is 17.8. The highest BCUT2D eigenvalue weighted by atomic mass is 32.2. The van der Waals surface area contributed by atoms with Crippen molar-refractivity contribution in [2.24, 2.45) is 17.0 Å². The Labute approximate surface area is 153 Å². The van der Waals surface area contributed by atoms with Crippen molar-refractivity contribution in [1.29, 1.82) is 0 Å². The Morgan fingerprint density at radius 2 is 1.96 bits per heavy atom. The Balaban J connectivity index is 1.33. The fourth-order valence-corrected chi connectivity index (χ4v) is 6.49. The first-order valence-electron chi connectivity index (χ1n) is 10.0. The van der Waals surface area contributed by atoms with Gasteiger partial charge < -0.3 is 4.84 Å². The largest absolute Gasteiger partial charge is 0.392 e. The van der Waals surface area contributed by atoms with Gasteiger partial charge in [-0.1, -0.05) is 24.4 Å². The lowest BCUT2D eigenvalue weighted by Gasteiger charge is -2.34. The van der Waals surface area contributed by atoms with Gasteiger partial charge in [-0.25, -0.2) is 4.68 Å². The zero-order valence-electron chi connectivity index (χ0n) is 14.7. The normalized spacial score (nSPS) is 36.1. The SMILES string of the molecule is C1CCC(C2ON=C3CCC(n4nnnc4C4CCCS4)CC32)CC1. The number of nitrogens with zero attached hydrogens (tertiary/aromatic N) is 5. The molecule has 2 aliphatic carbocycles. The lowest BCUT2D eigenvalue weighted by atomic mass is 9.74. The van der Waals surface area contributed by atoms with E-state index in [9.17, 15) is 0 Å². The lowest BCUT2D eigenvalue weighted by molar-refractivity contribution is -0.000959. The number of oxime groups is 1. The number of tetrazole rings is 1. The van der Waals surface area contributed by atoms with Crippen molar-refractivity contribution in [3.8, 4) is 0 Å². The molecule has 25 heavy (non-hydrogen) atoms. The van der Waals surface area contributed by atoms with Crippen molar-refractivity contribution in [2.45, 2.75) is 81.6 Å². The smallest absolute Gasteiger partial charge is 0.164 e. The summed E-state index contributed by atoms with van der Waals surface area (Å²) in [5.74, 6) is 3.51. The topological polar surface area (TPSA) is 65.2 Å². The first kappa shape index (κ1) is 16.1. The van der Waals surface area contributed by atoms with E-state index in [2.05, 4.69) is 25.4 Å². The van der Waals surface area contributed by atoms with Gasteiger partial charge in [-0.2, -0.15) is 11.8 Å². The third-order valence-electron chi connectivity index (χ3n) is 6.57. The average molecular weight is 362 g/mol. The van der Waals surface area contributed by atoms with Crippen LogP contribution in [0.4, 0.5) is 0 Å². The summed E-state index contributed by atoms with van der Waals surface area (Å²) in [6.07, 6.45) is 12.7. The Hall–Kier alpha value is -1.11. The molecule has 0 bridgehead atoms. The molecule has 0 aromatic carbocycles. The summed E-state index contributed by atoms with van der Waals surface area (Å²) in [6.45, 7) is 0. The number of thioether (sulfide) groups is 1. The van der Waals surface area contributed by atoms with Gasteiger partial charge in [0, 0.05) is 5.92 Å². The van der Waals surface area contributed by atoms with Gasteiger partial charge in [-0.15, -0.1) is 5.10 Å². The highest BCUT2D eigenvalue weighted by molar-refractivity contribution is 7.99. The van der Waals surface area contributed by atoms with Crippen LogP contribution in [0, 0.1) is 11.8 Å². The number of hydrogen-bond acceptors (Lipinski definition) is 6. The molecular formula is C18H27N5OS. The molecule has 1 aromatic heterocycles. The van der Waals surface area contributed by atoms with E-state index in [1.165, 1.54) is 56.4 Å². The van der Waals surface area contributed by atoms with Crippen LogP contribution in [-0.2, 0) is 4.84 Å². The number of fused-ring (bicyclic) bond motifs is 1. The van der Waals surface area contributed by atoms with Crippen LogP contribution in [0.5, 0.6) is 0 Å². The van der Waals surface area contributed by atoms with Crippen LogP contribution in [0.3, 0.4) is 0 Å². The molecule has 4 atom stereocenters. The molecular weight excluding hydrogens is 334 g/mol. The maximum atomic E-state index is 5.96. The van der Waals surface area contributed by atoms with Crippen LogP contribution in [0.25, 0.3) is 0 Å². The molecule has 5 rings (SSSR count). The van der Waals surface area contributed by atoms with E-state index in [0.29, 0.717) is 29.2 Å². The van der Waals surface area contributed by atoms with Gasteiger partial charge in [0.2, 0.25) is 0 Å². The van der Waals surface area contributed by atoms with Crippen molar-refractivity contribution < 1.29 is 4.84 Å². The first-order valence-corrected chi connectivity index (χ1v) is 11.1. The van der Waals surface area contributed by atoms with Crippen LogP contribution in [0.15, 0.2) is 5.16 Å². The van der Waals surface area contributed by atoms with Gasteiger partial charge in [0.05, 0.1) is 17.0 Å². The van der Waals surface area contributed by atoms with E-state index in [1.54, 1.807) is 0 Å². The molecule has 1 saturated heterocycles. The van der Waals surface area contributed by atoms with Crippen LogP contribution < -0.4 is 0 Å². The molecule has 4 unspecified atom stereocenters. The fraction of sp³-hybridized carbons (Fsp3) is 0.889. The van der Waals surface area contributed by atoms with Crippen LogP contribution in [-0.4, -0.2) is 37.8 Å². The molecule has 0 spiro atoms. The third kappa shape index (κ3) is 2.98. The average Bonchev–Trinajstić information content (AvgIpc) is 3.40. The molecule has 0 N–H and O–H groups in total. The highest BCUT2D eigenvalue weighted by Crippen LogP contribution is 2.44. The van der Waals surface area contributed by atoms with Gasteiger partial charge in [-0.05, 0) is 67.0 Å². The summed E-state index contributed by atoms with van der Waals surface area (Å²) in [4.78, 5) is 5.96. The third-order valence-corrected chi connectivity index (χ3v) is 7.95. The monoisotopic (exact) mass is 361 g/mol. The van der Waals surface area contributed by atoms with E-state index >= 15 is 0 Å². The van der Waals surface area contributed by atoms with Gasteiger partial charge in [0.25, 0.3) is 0 Å². The van der Waals surface area contributed by atoms with E-state index in [1.807, 2.05) is 11.8 Å². The highest BCUT2D eigenvalue weighted by Gasteiger charge is 2.44. The van der Waals surface area contributed by atoms with Crippen molar-refractivity contribution in [3.63, 3.8) is 0 Å². The van der Waals surface area contributed by atoms with Crippen molar-refractivity contribution >= 4 is 17.5 Å². The standard InChI is InChI=1S/C18H27N5OS/c1-2-5-12(6-3-1)17-14-11-13(8-9-15(14)20-24-17)23-18(19-21-22-23)16-7-4-10-25-16/h12-14,16-17H,1-11H2. The summed E-state index contributed by atoms with van der Waals surface area (Å²) in [5.41, 5.74) is 1.30. The Kier molecular flexibility index (Phi) is 4.44. The molecule has 136 valence electrons. The van der Waals surface area contributed by atoms with Crippen LogP contribution in [0.1, 0.15) is 81.3 Å². The van der Waals surface area contributed by atoms with E-state index in [0.717, 1.165) is 25.1 Å². The maximum absolute atomic E-state index is 5.96. The molecule has 0 radical (unpaired) electrons. The van der Waals surface area contributed by atoms with Gasteiger partial charge >= 0.3 is 0 Å². The predicted molar refractivity (Wildman–Crippen MR) is 97.5 cm³/mol. The summed E-state index contributed by atoms with van der Waals surface area (Å²) < 4.78 is 2.15. The molecule has 2 aliphatic heterocycles. The molecule has 3 fully saturated rings. The first-order chi connectivity index (χ1) is 12.4. The molecule has 4 aliphatic rings. The Bertz CT molecular complexity index is 635. The van der Waals surface area contributed by atoms with E-state index in [4.69, 9.17) is 4.84 Å². The molecule has 6 nitrogen and oxygen atoms in total. The van der Waals surface area contributed by atoms with E-state index < -0.39 is 0 Å². The second-order valence-electron chi connectivity index (χ2n) is 8.07. The van der Waals surface area contributed by atoms with Crippen LogP contribution in [0.2, 0.25) is 0 Å². The lowest BCUT2D eigenvalue weighted by Crippen LogP contribution is -2.37. The number of rotatable bonds is 3. The fourth-order valence-electron chi connectivity index (χ4n) is 5.24. The predicted octanol–water partition coefficient (Wildman–Crippen LogP) is 3.92. The second kappa shape index (κ2) is 6.89. The Morgan fingerprint density at radius 1 is 1.04 bits per heavy atom. The molecule has 3 heterocycles. The molecule has 1 aromatic rings. The Morgan fingerprint density at radius 3 is 2.80 bits per heavy atom. The van der Waals surface area contributed by atoms with Crippen molar-refractivity contribution in [2.75, 3.05) is 5.75 Å². The van der Waals surface area contributed by atoms with E-state index in [-0.39, 0.29) is 0 Å². The van der Waals surface area contributed by atoms with Gasteiger partial charge in [0.15, 0.2) is 5.82 Å². The minimum atomic E-state index is 0.305. The minimum absolute atomic E-state index is 0.305. The second-order valence-corrected chi connectivity index (χ2v) is 9.38. The quantitative estimate of drug-likeness (QED) is 0.816. The van der Waals surface area contributed by atoms with Gasteiger partial charge in [-0.3, -0.25) is 0 Å². The van der Waals surface area contributed by atoms with Crippen molar-refractivity contribution in [1.82, 2.24) is 20.2 Å². The van der Waals surface area contributed by atoms with Crippen molar-refractivity contribution in [3.05, 3.63) is 5.82 Å². The van der Waals surface area contributed by atoms with Gasteiger partial charge in [0.1, 0.15) is 6.10 Å². The molecule has 2 saturated carbocycles. The summed E-state index contributed by atoms with van der Waals surface area (Å²) in [6, 6.07) is 0.406. The molecule has 0 amide bonds. The molecule has 7 heteroatoms. The zero-order valence-corrected chi connectivity index (χ0v) is 15.5. The number of aromatic nitrogens is 4. The summed E-state index contributed by atoms with van der Waals surface area (Å²) in [7, 11) is 0. The minimum Gasteiger partial charge on any atom is -0.392 e. The summed E-state index contributed by atoms with van der Waals surface area (Å²) >= 11 is 2.01. The number of hydrogen-bond donors (Lipinski definition) is 0. The maximum Gasteiger partial charge on any atom is 0.164 e.